The zero-order valence-corrected chi connectivity index (χ0v) is 16.4. The van der Waals surface area contributed by atoms with Gasteiger partial charge in [-0.15, -0.1) is 23.1 Å². The van der Waals surface area contributed by atoms with Crippen LogP contribution in [0.4, 0.5) is 0 Å². The second-order valence-electron chi connectivity index (χ2n) is 5.95. The maximum atomic E-state index is 12.8. The van der Waals surface area contributed by atoms with Crippen molar-refractivity contribution < 1.29 is 14.3 Å². The molecule has 0 aliphatic carbocycles. The van der Waals surface area contributed by atoms with Gasteiger partial charge in [0.05, 0.1) is 14.2 Å². The van der Waals surface area contributed by atoms with Crippen molar-refractivity contribution in [3.05, 3.63) is 45.6 Å². The van der Waals surface area contributed by atoms with E-state index in [2.05, 4.69) is 18.4 Å². The molecule has 0 saturated carbocycles. The lowest BCUT2D eigenvalue weighted by atomic mass is 10.1. The average Bonchev–Trinajstić information content (AvgIpc) is 3.28. The van der Waals surface area contributed by atoms with Crippen LogP contribution in [-0.4, -0.2) is 37.3 Å². The fraction of sp³-hybridized carbons (Fsp3) is 0.421. The number of thioether (sulfide) groups is 1. The Morgan fingerprint density at radius 2 is 2.04 bits per heavy atom. The molecule has 6 heteroatoms. The van der Waals surface area contributed by atoms with Crippen LogP contribution in [-0.2, 0) is 11.2 Å². The SMILES string of the molecule is COc1ccc(C2SCCN2C(=O)CCc2sccc2C)cc1OC. The molecule has 2 heterocycles. The molecule has 1 aromatic carbocycles. The summed E-state index contributed by atoms with van der Waals surface area (Å²) < 4.78 is 10.7. The number of hydrogen-bond acceptors (Lipinski definition) is 5. The summed E-state index contributed by atoms with van der Waals surface area (Å²) in [7, 11) is 3.26. The van der Waals surface area contributed by atoms with Gasteiger partial charge in [0.2, 0.25) is 5.91 Å². The van der Waals surface area contributed by atoms with Gasteiger partial charge in [-0.25, -0.2) is 0 Å². The molecule has 1 atom stereocenters. The van der Waals surface area contributed by atoms with Crippen LogP contribution in [0.5, 0.6) is 11.5 Å². The number of carbonyl (C=O) groups is 1. The van der Waals surface area contributed by atoms with Gasteiger partial charge < -0.3 is 14.4 Å². The van der Waals surface area contributed by atoms with Gasteiger partial charge in [-0.3, -0.25) is 4.79 Å². The van der Waals surface area contributed by atoms with Gasteiger partial charge in [0.25, 0.3) is 0 Å². The molecule has 1 aromatic heterocycles. The summed E-state index contributed by atoms with van der Waals surface area (Å²) in [5.41, 5.74) is 2.37. The number of amides is 1. The predicted molar refractivity (Wildman–Crippen MR) is 104 cm³/mol. The van der Waals surface area contributed by atoms with Crippen molar-refractivity contribution in [1.29, 1.82) is 0 Å². The lowest BCUT2D eigenvalue weighted by Crippen LogP contribution is -2.30. The highest BCUT2D eigenvalue weighted by Gasteiger charge is 2.31. The van der Waals surface area contributed by atoms with Crippen LogP contribution in [0.3, 0.4) is 0 Å². The lowest BCUT2D eigenvalue weighted by molar-refractivity contribution is -0.131. The minimum Gasteiger partial charge on any atom is -0.493 e. The number of methoxy groups -OCH3 is 2. The highest BCUT2D eigenvalue weighted by Crippen LogP contribution is 2.41. The second-order valence-corrected chi connectivity index (χ2v) is 8.14. The molecule has 1 fully saturated rings. The number of carbonyl (C=O) groups excluding carboxylic acids is 1. The Labute approximate surface area is 157 Å². The van der Waals surface area contributed by atoms with E-state index in [1.54, 1.807) is 37.3 Å². The van der Waals surface area contributed by atoms with Crippen LogP contribution >= 0.6 is 23.1 Å². The van der Waals surface area contributed by atoms with Crippen LogP contribution in [0.15, 0.2) is 29.6 Å². The maximum Gasteiger partial charge on any atom is 0.224 e. The Morgan fingerprint density at radius 3 is 2.72 bits per heavy atom. The van der Waals surface area contributed by atoms with E-state index in [1.807, 2.05) is 23.1 Å². The Bertz CT molecular complexity index is 744. The Morgan fingerprint density at radius 1 is 1.24 bits per heavy atom. The van der Waals surface area contributed by atoms with E-state index in [4.69, 9.17) is 9.47 Å². The molecular formula is C19H23NO3S2. The number of nitrogens with zero attached hydrogens (tertiary/aromatic N) is 1. The lowest BCUT2D eigenvalue weighted by Gasteiger charge is -2.25. The van der Waals surface area contributed by atoms with Gasteiger partial charge in [0.15, 0.2) is 11.5 Å². The van der Waals surface area contributed by atoms with E-state index in [1.165, 1.54) is 10.4 Å². The molecule has 0 radical (unpaired) electrons. The van der Waals surface area contributed by atoms with Crippen molar-refractivity contribution in [2.75, 3.05) is 26.5 Å². The van der Waals surface area contributed by atoms with Gasteiger partial charge >= 0.3 is 0 Å². The van der Waals surface area contributed by atoms with E-state index >= 15 is 0 Å². The minimum absolute atomic E-state index is 0.0525. The van der Waals surface area contributed by atoms with E-state index < -0.39 is 0 Å². The van der Waals surface area contributed by atoms with Crippen LogP contribution < -0.4 is 9.47 Å². The molecule has 1 unspecified atom stereocenters. The van der Waals surface area contributed by atoms with Gasteiger partial charge in [-0.1, -0.05) is 6.07 Å². The molecule has 25 heavy (non-hydrogen) atoms. The Hall–Kier alpha value is -1.66. The van der Waals surface area contributed by atoms with Crippen molar-refractivity contribution in [3.8, 4) is 11.5 Å². The predicted octanol–water partition coefficient (Wildman–Crippen LogP) is 4.28. The molecule has 1 aliphatic rings. The molecule has 0 spiro atoms. The summed E-state index contributed by atoms with van der Waals surface area (Å²) >= 11 is 3.54. The van der Waals surface area contributed by atoms with Crippen molar-refractivity contribution >= 4 is 29.0 Å². The summed E-state index contributed by atoms with van der Waals surface area (Å²) in [6.45, 7) is 2.90. The van der Waals surface area contributed by atoms with Gasteiger partial charge in [-0.05, 0) is 48.1 Å². The van der Waals surface area contributed by atoms with Gasteiger partial charge in [-0.2, -0.15) is 0 Å². The normalized spacial score (nSPS) is 16.9. The van der Waals surface area contributed by atoms with Crippen LogP contribution in [0, 0.1) is 6.92 Å². The average molecular weight is 378 g/mol. The first kappa shape index (κ1) is 18.1. The molecule has 2 aromatic rings. The van der Waals surface area contributed by atoms with E-state index in [9.17, 15) is 4.79 Å². The molecule has 0 bridgehead atoms. The summed E-state index contributed by atoms with van der Waals surface area (Å²) in [4.78, 5) is 16.1. The Balaban J connectivity index is 1.71. The topological polar surface area (TPSA) is 38.8 Å². The number of benzene rings is 1. The number of hydrogen-bond donors (Lipinski definition) is 0. The van der Waals surface area contributed by atoms with E-state index in [0.717, 1.165) is 24.3 Å². The molecule has 1 amide bonds. The molecular weight excluding hydrogens is 354 g/mol. The van der Waals surface area contributed by atoms with Gasteiger partial charge in [0.1, 0.15) is 5.37 Å². The standard InChI is InChI=1S/C19H23NO3S2/c1-13-8-10-24-17(13)6-7-18(21)20-9-11-25-19(20)14-4-5-15(22-2)16(12-14)23-3/h4-5,8,10,12,19H,6-7,9,11H2,1-3H3. The van der Waals surface area contributed by atoms with Crippen molar-refractivity contribution in [1.82, 2.24) is 4.90 Å². The molecule has 1 saturated heterocycles. The summed E-state index contributed by atoms with van der Waals surface area (Å²) in [5.74, 6) is 2.59. The first-order valence-corrected chi connectivity index (χ1v) is 10.2. The fourth-order valence-electron chi connectivity index (χ4n) is 3.03. The third kappa shape index (κ3) is 3.96. The van der Waals surface area contributed by atoms with Crippen LogP contribution in [0.1, 0.15) is 27.8 Å². The van der Waals surface area contributed by atoms with Crippen molar-refractivity contribution in [3.63, 3.8) is 0 Å². The monoisotopic (exact) mass is 377 g/mol. The molecule has 3 rings (SSSR count). The third-order valence-electron chi connectivity index (χ3n) is 4.44. The zero-order chi connectivity index (χ0) is 17.8. The molecule has 1 aliphatic heterocycles. The fourth-order valence-corrected chi connectivity index (χ4v) is 5.21. The Kier molecular flexibility index (Phi) is 5.91. The quantitative estimate of drug-likeness (QED) is 0.753. The maximum absolute atomic E-state index is 12.8. The number of aryl methyl sites for hydroxylation is 2. The summed E-state index contributed by atoms with van der Waals surface area (Å²) in [5, 5.41) is 2.14. The summed E-state index contributed by atoms with van der Waals surface area (Å²) in [6, 6.07) is 8.02. The van der Waals surface area contributed by atoms with E-state index in [0.29, 0.717) is 17.9 Å². The third-order valence-corrected chi connectivity index (χ3v) is 6.78. The minimum atomic E-state index is 0.0525. The molecule has 134 valence electrons. The largest absolute Gasteiger partial charge is 0.493 e. The number of thiophene rings is 1. The van der Waals surface area contributed by atoms with Crippen LogP contribution in [0.25, 0.3) is 0 Å². The smallest absolute Gasteiger partial charge is 0.224 e. The highest BCUT2D eigenvalue weighted by molar-refractivity contribution is 7.99. The molecule has 4 nitrogen and oxygen atoms in total. The van der Waals surface area contributed by atoms with Crippen LogP contribution in [0.2, 0.25) is 0 Å². The zero-order valence-electron chi connectivity index (χ0n) is 14.8. The van der Waals surface area contributed by atoms with Gasteiger partial charge in [0, 0.05) is 23.6 Å². The first-order chi connectivity index (χ1) is 12.1. The van der Waals surface area contributed by atoms with Crippen molar-refractivity contribution in [2.45, 2.75) is 25.1 Å². The number of rotatable bonds is 6. The second kappa shape index (κ2) is 8.15. The first-order valence-electron chi connectivity index (χ1n) is 8.30. The highest BCUT2D eigenvalue weighted by atomic mass is 32.2. The molecule has 0 N–H and O–H groups in total. The van der Waals surface area contributed by atoms with E-state index in [-0.39, 0.29) is 11.3 Å². The van der Waals surface area contributed by atoms with Crippen molar-refractivity contribution in [2.24, 2.45) is 0 Å². The number of ether oxygens (including phenoxy) is 2. The summed E-state index contributed by atoms with van der Waals surface area (Å²) in [6.07, 6.45) is 1.38.